The molecule has 1 aromatic rings. The van der Waals surface area contributed by atoms with Crippen LogP contribution >= 0.6 is 0 Å². The molecule has 0 unspecified atom stereocenters. The molecule has 0 bridgehead atoms. The van der Waals surface area contributed by atoms with E-state index in [4.69, 9.17) is 23.7 Å². The Morgan fingerprint density at radius 3 is 1.95 bits per heavy atom. The maximum atomic E-state index is 11.8. The SMILES string of the molecule is CCCCCCCCCCCCn1cc(CO[C@@H]2O[C@H](CO)[C@@H](OC(C)=O)[C@H](OC(C)=O)[C@H]2OC(C)=O)nn1. The molecule has 5 atom stereocenters. The third-order valence-electron chi connectivity index (χ3n) is 6.40. The van der Waals surface area contributed by atoms with Gasteiger partial charge >= 0.3 is 17.9 Å². The van der Waals surface area contributed by atoms with E-state index in [0.29, 0.717) is 5.69 Å². The van der Waals surface area contributed by atoms with E-state index in [2.05, 4.69) is 17.2 Å². The van der Waals surface area contributed by atoms with Crippen LogP contribution in [0.4, 0.5) is 0 Å². The summed E-state index contributed by atoms with van der Waals surface area (Å²) in [6.07, 6.45) is 8.25. The molecule has 0 amide bonds. The molecular weight excluding hydrogens is 510 g/mol. The van der Waals surface area contributed by atoms with Gasteiger partial charge < -0.3 is 28.8 Å². The van der Waals surface area contributed by atoms with E-state index < -0.39 is 55.2 Å². The Morgan fingerprint density at radius 2 is 1.38 bits per heavy atom. The Balaban J connectivity index is 1.89. The van der Waals surface area contributed by atoms with Gasteiger partial charge in [0, 0.05) is 27.3 Å². The normalized spacial score (nSPS) is 22.8. The van der Waals surface area contributed by atoms with Gasteiger partial charge in [-0.3, -0.25) is 19.1 Å². The topological polar surface area (TPSA) is 148 Å². The number of aryl methyl sites for hydroxylation is 1. The zero-order valence-electron chi connectivity index (χ0n) is 23.7. The molecule has 0 aliphatic carbocycles. The maximum absolute atomic E-state index is 11.8. The van der Waals surface area contributed by atoms with Crippen molar-refractivity contribution in [3.63, 3.8) is 0 Å². The minimum atomic E-state index is -1.25. The number of aliphatic hydroxyl groups excluding tert-OH is 1. The summed E-state index contributed by atoms with van der Waals surface area (Å²) in [4.78, 5) is 35.3. The third-order valence-corrected chi connectivity index (χ3v) is 6.40. The van der Waals surface area contributed by atoms with Gasteiger partial charge in [0.2, 0.25) is 0 Å². The lowest BCUT2D eigenvalue weighted by molar-refractivity contribution is -0.310. The van der Waals surface area contributed by atoms with Crippen LogP contribution in [0.3, 0.4) is 0 Å². The minimum Gasteiger partial charge on any atom is -0.456 e. The molecule has 39 heavy (non-hydrogen) atoms. The first-order chi connectivity index (χ1) is 18.7. The van der Waals surface area contributed by atoms with Crippen molar-refractivity contribution < 1.29 is 43.2 Å². The summed E-state index contributed by atoms with van der Waals surface area (Å²) >= 11 is 0. The van der Waals surface area contributed by atoms with Gasteiger partial charge in [-0.15, -0.1) is 5.10 Å². The number of nitrogens with zero attached hydrogens (tertiary/aromatic N) is 3. The van der Waals surface area contributed by atoms with Crippen molar-refractivity contribution in [1.29, 1.82) is 0 Å². The number of aliphatic hydroxyl groups is 1. The first-order valence-electron chi connectivity index (χ1n) is 14.0. The van der Waals surface area contributed by atoms with Gasteiger partial charge in [0.15, 0.2) is 24.6 Å². The second-order valence-corrected chi connectivity index (χ2v) is 9.91. The molecule has 1 fully saturated rings. The second-order valence-electron chi connectivity index (χ2n) is 9.91. The summed E-state index contributed by atoms with van der Waals surface area (Å²) in [6, 6.07) is 0. The van der Waals surface area contributed by atoms with Crippen LogP contribution in [0.5, 0.6) is 0 Å². The molecule has 1 saturated heterocycles. The fourth-order valence-corrected chi connectivity index (χ4v) is 4.58. The van der Waals surface area contributed by atoms with Crippen LogP contribution in [0, 0.1) is 0 Å². The average Bonchev–Trinajstić information content (AvgIpc) is 3.33. The molecule has 12 heteroatoms. The lowest BCUT2D eigenvalue weighted by Crippen LogP contribution is -2.62. The minimum absolute atomic E-state index is 0.0381. The Hall–Kier alpha value is -2.57. The highest BCUT2D eigenvalue weighted by molar-refractivity contribution is 5.68. The molecule has 2 rings (SSSR count). The average molecular weight is 556 g/mol. The molecule has 12 nitrogen and oxygen atoms in total. The van der Waals surface area contributed by atoms with Crippen LogP contribution in [0.15, 0.2) is 6.20 Å². The molecule has 1 N–H and O–H groups in total. The van der Waals surface area contributed by atoms with Gasteiger partial charge in [0.1, 0.15) is 11.8 Å². The summed E-state index contributed by atoms with van der Waals surface area (Å²) in [6.45, 7) is 5.89. The molecule has 0 saturated carbocycles. The Kier molecular flexibility index (Phi) is 15.0. The van der Waals surface area contributed by atoms with Gasteiger partial charge in [-0.25, -0.2) is 0 Å². The van der Waals surface area contributed by atoms with E-state index in [1.54, 1.807) is 10.9 Å². The number of unbranched alkanes of at least 4 members (excludes halogenated alkanes) is 9. The summed E-state index contributed by atoms with van der Waals surface area (Å²) in [5, 5.41) is 18.1. The number of hydrogen-bond donors (Lipinski definition) is 1. The van der Waals surface area contributed by atoms with Gasteiger partial charge in [-0.2, -0.15) is 0 Å². The lowest BCUT2D eigenvalue weighted by Gasteiger charge is -2.43. The van der Waals surface area contributed by atoms with E-state index >= 15 is 0 Å². The largest absolute Gasteiger partial charge is 0.456 e. The molecule has 0 spiro atoms. The van der Waals surface area contributed by atoms with Crippen molar-refractivity contribution in [1.82, 2.24) is 15.0 Å². The van der Waals surface area contributed by atoms with Crippen LogP contribution < -0.4 is 0 Å². The van der Waals surface area contributed by atoms with Crippen molar-refractivity contribution in [3.8, 4) is 0 Å². The molecule has 0 aromatic carbocycles. The van der Waals surface area contributed by atoms with Gasteiger partial charge in [0.25, 0.3) is 0 Å². The summed E-state index contributed by atoms with van der Waals surface area (Å²) in [7, 11) is 0. The fraction of sp³-hybridized carbons (Fsp3) is 0.815. The van der Waals surface area contributed by atoms with Crippen molar-refractivity contribution in [2.75, 3.05) is 6.61 Å². The monoisotopic (exact) mass is 555 g/mol. The van der Waals surface area contributed by atoms with Crippen molar-refractivity contribution in [2.24, 2.45) is 0 Å². The summed E-state index contributed by atoms with van der Waals surface area (Å²) < 4.78 is 29.3. The highest BCUT2D eigenvalue weighted by Crippen LogP contribution is 2.30. The van der Waals surface area contributed by atoms with E-state index in [1.807, 2.05) is 0 Å². The molecule has 2 heterocycles. The standard InChI is InChI=1S/C27H45N3O9/c1-5-6-7-8-9-10-11-12-13-14-15-30-16-22(28-29-30)18-35-27-26(38-21(4)34)25(37-20(3)33)24(36-19(2)32)23(17-31)39-27/h16,23-27,31H,5-15,17-18H2,1-4H3/t23-,24-,25+,26-,27-/m1/s1. The molecule has 0 radical (unpaired) electrons. The van der Waals surface area contributed by atoms with E-state index in [1.165, 1.54) is 72.1 Å². The van der Waals surface area contributed by atoms with Gasteiger partial charge in [-0.1, -0.05) is 69.9 Å². The predicted octanol–water partition coefficient (Wildman–Crippen LogP) is 3.23. The summed E-state index contributed by atoms with van der Waals surface area (Å²) in [5.41, 5.74) is 0.527. The number of esters is 3. The number of aromatic nitrogens is 3. The first kappa shape index (κ1) is 32.6. The zero-order valence-corrected chi connectivity index (χ0v) is 23.7. The molecule has 222 valence electrons. The van der Waals surface area contributed by atoms with Crippen LogP contribution in [-0.4, -0.2) is 75.3 Å². The van der Waals surface area contributed by atoms with Crippen molar-refractivity contribution >= 4 is 17.9 Å². The lowest BCUT2D eigenvalue weighted by atomic mass is 9.98. The number of carbonyl (C=O) groups excluding carboxylic acids is 3. The Bertz CT molecular complexity index is 878. The van der Waals surface area contributed by atoms with Crippen LogP contribution in [0.1, 0.15) is 97.6 Å². The van der Waals surface area contributed by atoms with E-state index in [-0.39, 0.29) is 6.61 Å². The molecule has 1 aliphatic heterocycles. The van der Waals surface area contributed by atoms with E-state index in [9.17, 15) is 19.5 Å². The summed E-state index contributed by atoms with van der Waals surface area (Å²) in [5.74, 6) is -2.05. The molecule has 1 aliphatic rings. The van der Waals surface area contributed by atoms with Gasteiger partial charge in [0.05, 0.1) is 19.4 Å². The Morgan fingerprint density at radius 1 is 0.846 bits per heavy atom. The van der Waals surface area contributed by atoms with Gasteiger partial charge in [-0.05, 0) is 6.42 Å². The molecule has 1 aromatic heterocycles. The highest BCUT2D eigenvalue weighted by atomic mass is 16.7. The zero-order chi connectivity index (χ0) is 28.6. The van der Waals surface area contributed by atoms with E-state index in [0.717, 1.165) is 19.4 Å². The number of rotatable bonds is 18. The predicted molar refractivity (Wildman–Crippen MR) is 139 cm³/mol. The fourth-order valence-electron chi connectivity index (χ4n) is 4.58. The number of hydrogen-bond acceptors (Lipinski definition) is 11. The highest BCUT2D eigenvalue weighted by Gasteiger charge is 2.52. The molecular formula is C27H45N3O9. The quantitative estimate of drug-likeness (QED) is 0.162. The van der Waals surface area contributed by atoms with Crippen molar-refractivity contribution in [2.45, 2.75) is 136 Å². The number of ether oxygens (including phenoxy) is 5. The first-order valence-corrected chi connectivity index (χ1v) is 14.0. The van der Waals surface area contributed by atoms with Crippen LogP contribution in [0.2, 0.25) is 0 Å². The Labute approximate surface area is 230 Å². The smallest absolute Gasteiger partial charge is 0.303 e. The third kappa shape index (κ3) is 12.0. The number of carbonyl (C=O) groups is 3. The van der Waals surface area contributed by atoms with Crippen LogP contribution in [-0.2, 0) is 51.2 Å². The van der Waals surface area contributed by atoms with Crippen molar-refractivity contribution in [3.05, 3.63) is 11.9 Å². The maximum Gasteiger partial charge on any atom is 0.303 e. The van der Waals surface area contributed by atoms with Crippen LogP contribution in [0.25, 0.3) is 0 Å². The second kappa shape index (κ2) is 17.9.